The van der Waals surface area contributed by atoms with Crippen molar-refractivity contribution in [1.82, 2.24) is 9.21 Å². The van der Waals surface area contributed by atoms with E-state index in [1.165, 1.54) is 0 Å². The zero-order valence-electron chi connectivity index (χ0n) is 12.8. The van der Waals surface area contributed by atoms with Crippen molar-refractivity contribution in [1.29, 1.82) is 0 Å². The summed E-state index contributed by atoms with van der Waals surface area (Å²) >= 11 is 0. The molecule has 0 saturated carbocycles. The molecule has 2 aliphatic heterocycles. The number of carbonyl (C=O) groups is 1. The van der Waals surface area contributed by atoms with E-state index < -0.39 is 10.0 Å². The van der Waals surface area contributed by atoms with E-state index in [1.807, 2.05) is 6.92 Å². The Bertz CT molecular complexity index is 446. The van der Waals surface area contributed by atoms with Gasteiger partial charge in [0, 0.05) is 32.8 Å². The molecular formula is C14H26N2O4S. The molecule has 1 atom stereocenters. The van der Waals surface area contributed by atoms with Crippen LogP contribution in [0, 0.1) is 0 Å². The molecule has 1 amide bonds. The molecule has 0 bridgehead atoms. The highest BCUT2D eigenvalue weighted by atomic mass is 32.2. The predicted molar refractivity (Wildman–Crippen MR) is 80.4 cm³/mol. The van der Waals surface area contributed by atoms with Crippen molar-refractivity contribution in [2.75, 3.05) is 38.5 Å². The van der Waals surface area contributed by atoms with Gasteiger partial charge in [-0.3, -0.25) is 4.79 Å². The standard InChI is InChI=1S/C14H26N2O4S/c1-2-3-12-21(18,19)16-8-5-7-15(9-10-16)14(17)13-6-4-11-20-13/h13H,2-12H2,1H3. The van der Waals surface area contributed by atoms with E-state index in [1.54, 1.807) is 9.21 Å². The quantitative estimate of drug-likeness (QED) is 0.753. The molecule has 0 spiro atoms. The Labute approximate surface area is 127 Å². The maximum atomic E-state index is 12.3. The molecule has 1 unspecified atom stereocenters. The van der Waals surface area contributed by atoms with Gasteiger partial charge in [-0.25, -0.2) is 12.7 Å². The van der Waals surface area contributed by atoms with Crippen LogP contribution in [-0.4, -0.2) is 68.2 Å². The first-order valence-electron chi connectivity index (χ1n) is 7.93. The lowest BCUT2D eigenvalue weighted by molar-refractivity contribution is -0.140. The molecule has 21 heavy (non-hydrogen) atoms. The summed E-state index contributed by atoms with van der Waals surface area (Å²) in [6, 6.07) is 0. The number of hydrogen-bond donors (Lipinski definition) is 0. The van der Waals surface area contributed by atoms with Gasteiger partial charge >= 0.3 is 0 Å². The number of hydrogen-bond acceptors (Lipinski definition) is 4. The van der Waals surface area contributed by atoms with Crippen molar-refractivity contribution in [2.45, 2.75) is 45.1 Å². The number of amides is 1. The molecule has 0 aromatic rings. The molecule has 0 N–H and O–H groups in total. The summed E-state index contributed by atoms with van der Waals surface area (Å²) in [5.41, 5.74) is 0. The molecule has 2 fully saturated rings. The molecule has 0 radical (unpaired) electrons. The van der Waals surface area contributed by atoms with Crippen LogP contribution in [0.5, 0.6) is 0 Å². The zero-order chi connectivity index (χ0) is 15.3. The second-order valence-corrected chi connectivity index (χ2v) is 7.84. The van der Waals surface area contributed by atoms with Gasteiger partial charge in [0.25, 0.3) is 5.91 Å². The molecule has 6 nitrogen and oxygen atoms in total. The maximum Gasteiger partial charge on any atom is 0.251 e. The van der Waals surface area contributed by atoms with Crippen molar-refractivity contribution in [3.8, 4) is 0 Å². The molecule has 7 heteroatoms. The van der Waals surface area contributed by atoms with Crippen LogP contribution >= 0.6 is 0 Å². The number of carbonyl (C=O) groups excluding carboxylic acids is 1. The minimum atomic E-state index is -3.17. The Morgan fingerprint density at radius 1 is 1.19 bits per heavy atom. The van der Waals surface area contributed by atoms with Crippen molar-refractivity contribution in [2.24, 2.45) is 0 Å². The number of ether oxygens (including phenoxy) is 1. The normalized spacial score (nSPS) is 25.0. The average molecular weight is 318 g/mol. The van der Waals surface area contributed by atoms with Crippen LogP contribution in [0.2, 0.25) is 0 Å². The number of unbranched alkanes of at least 4 members (excludes halogenated alkanes) is 1. The van der Waals surface area contributed by atoms with E-state index in [2.05, 4.69) is 0 Å². The fourth-order valence-electron chi connectivity index (χ4n) is 2.82. The first-order chi connectivity index (χ1) is 10.0. The van der Waals surface area contributed by atoms with Crippen molar-refractivity contribution < 1.29 is 17.9 Å². The zero-order valence-corrected chi connectivity index (χ0v) is 13.6. The van der Waals surface area contributed by atoms with Crippen LogP contribution in [0.15, 0.2) is 0 Å². The summed E-state index contributed by atoms with van der Waals surface area (Å²) in [6.07, 6.45) is 3.67. The number of nitrogens with zero attached hydrogens (tertiary/aromatic N) is 2. The van der Waals surface area contributed by atoms with Gasteiger partial charge in [0.05, 0.1) is 5.75 Å². The summed E-state index contributed by atoms with van der Waals surface area (Å²) in [4.78, 5) is 14.1. The molecule has 2 rings (SSSR count). The Balaban J connectivity index is 1.90. The highest BCUT2D eigenvalue weighted by molar-refractivity contribution is 7.89. The van der Waals surface area contributed by atoms with Gasteiger partial charge in [-0.15, -0.1) is 0 Å². The lowest BCUT2D eigenvalue weighted by atomic mass is 10.2. The fourth-order valence-corrected chi connectivity index (χ4v) is 4.50. The molecule has 2 saturated heterocycles. The minimum absolute atomic E-state index is 0.0281. The fraction of sp³-hybridized carbons (Fsp3) is 0.929. The third-order valence-electron chi connectivity index (χ3n) is 4.12. The van der Waals surface area contributed by atoms with E-state index >= 15 is 0 Å². The summed E-state index contributed by atoms with van der Waals surface area (Å²) in [7, 11) is -3.17. The van der Waals surface area contributed by atoms with E-state index in [4.69, 9.17) is 4.74 Å². The Kier molecular flexibility index (Phi) is 6.01. The maximum absolute atomic E-state index is 12.3. The molecule has 2 heterocycles. The molecule has 122 valence electrons. The van der Waals surface area contributed by atoms with Crippen LogP contribution in [0.4, 0.5) is 0 Å². The number of rotatable bonds is 5. The molecule has 2 aliphatic rings. The van der Waals surface area contributed by atoms with Gasteiger partial charge in [-0.2, -0.15) is 0 Å². The van der Waals surface area contributed by atoms with Gasteiger partial charge < -0.3 is 9.64 Å². The van der Waals surface area contributed by atoms with Crippen LogP contribution in [0.3, 0.4) is 0 Å². The first-order valence-corrected chi connectivity index (χ1v) is 9.53. The van der Waals surface area contributed by atoms with Crippen molar-refractivity contribution in [3.63, 3.8) is 0 Å². The van der Waals surface area contributed by atoms with E-state index in [0.717, 1.165) is 19.3 Å². The highest BCUT2D eigenvalue weighted by Crippen LogP contribution is 2.17. The highest BCUT2D eigenvalue weighted by Gasteiger charge is 2.31. The lowest BCUT2D eigenvalue weighted by Crippen LogP contribution is -2.42. The van der Waals surface area contributed by atoms with Crippen molar-refractivity contribution >= 4 is 15.9 Å². The topological polar surface area (TPSA) is 66.9 Å². The van der Waals surface area contributed by atoms with Crippen LogP contribution < -0.4 is 0 Å². The third kappa shape index (κ3) is 4.40. The van der Waals surface area contributed by atoms with E-state index in [0.29, 0.717) is 45.6 Å². The molecule has 0 aromatic carbocycles. The second-order valence-electron chi connectivity index (χ2n) is 5.75. The summed E-state index contributed by atoms with van der Waals surface area (Å²) in [5, 5.41) is 0. The SMILES string of the molecule is CCCCS(=O)(=O)N1CCCN(C(=O)C2CCCO2)CC1. The van der Waals surface area contributed by atoms with Crippen LogP contribution in [0.1, 0.15) is 39.0 Å². The Morgan fingerprint density at radius 2 is 2.00 bits per heavy atom. The van der Waals surface area contributed by atoms with Crippen molar-refractivity contribution in [3.05, 3.63) is 0 Å². The van der Waals surface area contributed by atoms with E-state index in [9.17, 15) is 13.2 Å². The predicted octanol–water partition coefficient (Wildman–Crippen LogP) is 0.830. The van der Waals surface area contributed by atoms with Crippen LogP contribution in [0.25, 0.3) is 0 Å². The largest absolute Gasteiger partial charge is 0.368 e. The summed E-state index contributed by atoms with van der Waals surface area (Å²) in [6.45, 7) is 4.66. The van der Waals surface area contributed by atoms with Gasteiger partial charge in [0.1, 0.15) is 6.10 Å². The summed E-state index contributed by atoms with van der Waals surface area (Å²) < 4.78 is 31.4. The van der Waals surface area contributed by atoms with Gasteiger partial charge in [0.2, 0.25) is 10.0 Å². The molecular weight excluding hydrogens is 292 g/mol. The molecule has 0 aliphatic carbocycles. The first kappa shape index (κ1) is 16.7. The van der Waals surface area contributed by atoms with Gasteiger partial charge in [0.15, 0.2) is 0 Å². The molecule has 0 aromatic heterocycles. The van der Waals surface area contributed by atoms with Crippen LogP contribution in [-0.2, 0) is 19.6 Å². The van der Waals surface area contributed by atoms with Gasteiger partial charge in [-0.1, -0.05) is 13.3 Å². The number of sulfonamides is 1. The Hall–Kier alpha value is -0.660. The monoisotopic (exact) mass is 318 g/mol. The lowest BCUT2D eigenvalue weighted by Gasteiger charge is -2.24. The third-order valence-corrected chi connectivity index (χ3v) is 6.08. The smallest absolute Gasteiger partial charge is 0.251 e. The summed E-state index contributed by atoms with van der Waals surface area (Å²) in [5.74, 6) is 0.240. The minimum Gasteiger partial charge on any atom is -0.368 e. The Morgan fingerprint density at radius 3 is 2.67 bits per heavy atom. The van der Waals surface area contributed by atoms with E-state index in [-0.39, 0.29) is 17.8 Å². The average Bonchev–Trinajstić information content (AvgIpc) is 2.88. The second kappa shape index (κ2) is 7.56. The van der Waals surface area contributed by atoms with Gasteiger partial charge in [-0.05, 0) is 25.7 Å².